The van der Waals surface area contributed by atoms with Gasteiger partial charge in [0.25, 0.3) is 0 Å². The van der Waals surface area contributed by atoms with E-state index in [1.54, 1.807) is 17.4 Å². The summed E-state index contributed by atoms with van der Waals surface area (Å²) in [4.78, 5) is 3.56. The third-order valence-electron chi connectivity index (χ3n) is 4.01. The molecule has 120 valence electrons. The SMILES string of the molecule is CCNCc1sccc1S(=O)(=O)N(C)C1CCCN(C)C1. The second-order valence-corrected chi connectivity index (χ2v) is 8.53. The Morgan fingerprint density at radius 1 is 1.52 bits per heavy atom. The van der Waals surface area contributed by atoms with E-state index in [0.29, 0.717) is 11.4 Å². The molecular formula is C14H25N3O2S2. The summed E-state index contributed by atoms with van der Waals surface area (Å²) < 4.78 is 27.3. The molecule has 0 aromatic carbocycles. The normalized spacial score (nSPS) is 21.0. The van der Waals surface area contributed by atoms with E-state index in [4.69, 9.17) is 0 Å². The molecule has 0 radical (unpaired) electrons. The summed E-state index contributed by atoms with van der Waals surface area (Å²) in [6, 6.07) is 1.80. The predicted octanol–water partition coefficient (Wildman–Crippen LogP) is 1.57. The third-order valence-corrected chi connectivity index (χ3v) is 7.06. The Labute approximate surface area is 132 Å². The molecule has 1 N–H and O–H groups in total. The summed E-state index contributed by atoms with van der Waals surface area (Å²) in [6.07, 6.45) is 1.99. The van der Waals surface area contributed by atoms with Crippen molar-refractivity contribution in [1.82, 2.24) is 14.5 Å². The number of thiophene rings is 1. The maximum Gasteiger partial charge on any atom is 0.244 e. The first-order valence-electron chi connectivity index (χ1n) is 7.40. The van der Waals surface area contributed by atoms with Crippen LogP contribution in [0.4, 0.5) is 0 Å². The zero-order chi connectivity index (χ0) is 15.5. The maximum atomic E-state index is 12.9. The minimum absolute atomic E-state index is 0.0700. The molecule has 1 aliphatic heterocycles. The Morgan fingerprint density at radius 3 is 2.95 bits per heavy atom. The summed E-state index contributed by atoms with van der Waals surface area (Å²) in [5.41, 5.74) is 0. The van der Waals surface area contributed by atoms with Gasteiger partial charge in [-0.1, -0.05) is 6.92 Å². The van der Waals surface area contributed by atoms with E-state index in [-0.39, 0.29) is 6.04 Å². The Hall–Kier alpha value is -0.470. The van der Waals surface area contributed by atoms with E-state index in [1.807, 2.05) is 19.4 Å². The number of nitrogens with one attached hydrogen (secondary N) is 1. The van der Waals surface area contributed by atoms with Gasteiger partial charge >= 0.3 is 0 Å². The van der Waals surface area contributed by atoms with Crippen LogP contribution in [0.5, 0.6) is 0 Å². The van der Waals surface area contributed by atoms with Crippen LogP contribution >= 0.6 is 11.3 Å². The molecule has 5 nitrogen and oxygen atoms in total. The number of likely N-dealkylation sites (N-methyl/N-ethyl adjacent to an activating group) is 2. The molecule has 1 aliphatic rings. The summed E-state index contributed by atoms with van der Waals surface area (Å²) in [7, 11) is 0.363. The van der Waals surface area contributed by atoms with Crippen LogP contribution in [-0.4, -0.2) is 57.4 Å². The Morgan fingerprint density at radius 2 is 2.29 bits per heavy atom. The van der Waals surface area contributed by atoms with Crippen LogP contribution in [0.2, 0.25) is 0 Å². The first-order valence-corrected chi connectivity index (χ1v) is 9.72. The van der Waals surface area contributed by atoms with Crippen molar-refractivity contribution < 1.29 is 8.42 Å². The molecule has 21 heavy (non-hydrogen) atoms. The third kappa shape index (κ3) is 3.84. The number of piperidine rings is 1. The minimum atomic E-state index is -3.40. The van der Waals surface area contributed by atoms with Crippen molar-refractivity contribution >= 4 is 21.4 Å². The smallest absolute Gasteiger partial charge is 0.244 e. The molecule has 1 aromatic heterocycles. The lowest BCUT2D eigenvalue weighted by Gasteiger charge is -2.35. The van der Waals surface area contributed by atoms with Gasteiger partial charge in [0.05, 0.1) is 4.90 Å². The van der Waals surface area contributed by atoms with E-state index in [1.165, 1.54) is 11.3 Å². The molecular weight excluding hydrogens is 306 g/mol. The van der Waals surface area contributed by atoms with Gasteiger partial charge in [-0.15, -0.1) is 11.3 Å². The second kappa shape index (κ2) is 7.19. The quantitative estimate of drug-likeness (QED) is 0.860. The molecule has 0 spiro atoms. The van der Waals surface area contributed by atoms with Crippen molar-refractivity contribution in [2.75, 3.05) is 33.7 Å². The Balaban J connectivity index is 2.19. The average molecular weight is 332 g/mol. The van der Waals surface area contributed by atoms with Gasteiger partial charge in [-0.05, 0) is 44.4 Å². The fourth-order valence-corrected chi connectivity index (χ4v) is 5.47. The molecule has 1 fully saturated rings. The molecule has 7 heteroatoms. The summed E-state index contributed by atoms with van der Waals surface area (Å²) in [5.74, 6) is 0. The number of rotatable bonds is 6. The predicted molar refractivity (Wildman–Crippen MR) is 87.2 cm³/mol. The lowest BCUT2D eigenvalue weighted by atomic mass is 10.1. The monoisotopic (exact) mass is 331 g/mol. The molecule has 0 saturated carbocycles. The van der Waals surface area contributed by atoms with Crippen molar-refractivity contribution in [1.29, 1.82) is 0 Å². The minimum Gasteiger partial charge on any atom is -0.312 e. The molecule has 0 bridgehead atoms. The van der Waals surface area contributed by atoms with E-state index < -0.39 is 10.0 Å². The van der Waals surface area contributed by atoms with Crippen molar-refractivity contribution in [3.8, 4) is 0 Å². The van der Waals surface area contributed by atoms with Gasteiger partial charge in [0, 0.05) is 31.1 Å². The largest absolute Gasteiger partial charge is 0.312 e. The average Bonchev–Trinajstić information content (AvgIpc) is 2.93. The van der Waals surface area contributed by atoms with E-state index in [2.05, 4.69) is 10.2 Å². The van der Waals surface area contributed by atoms with Crippen molar-refractivity contribution in [3.63, 3.8) is 0 Å². The zero-order valence-corrected chi connectivity index (χ0v) is 14.6. The Bertz CT molecular complexity index is 556. The Kier molecular flexibility index (Phi) is 5.79. The summed E-state index contributed by atoms with van der Waals surface area (Å²) >= 11 is 1.50. The highest BCUT2D eigenvalue weighted by molar-refractivity contribution is 7.89. The first-order chi connectivity index (χ1) is 9.96. The number of sulfonamides is 1. The highest BCUT2D eigenvalue weighted by Crippen LogP contribution is 2.27. The number of hydrogen-bond donors (Lipinski definition) is 1. The highest BCUT2D eigenvalue weighted by atomic mass is 32.2. The fourth-order valence-electron chi connectivity index (χ4n) is 2.71. The molecule has 1 saturated heterocycles. The molecule has 2 rings (SSSR count). The van der Waals surface area contributed by atoms with Crippen LogP contribution < -0.4 is 5.32 Å². The van der Waals surface area contributed by atoms with E-state index in [0.717, 1.165) is 37.4 Å². The van der Waals surface area contributed by atoms with Gasteiger partial charge in [-0.3, -0.25) is 0 Å². The van der Waals surface area contributed by atoms with Crippen molar-refractivity contribution in [2.45, 2.75) is 37.2 Å². The molecule has 1 atom stereocenters. The van der Waals surface area contributed by atoms with Gasteiger partial charge in [-0.2, -0.15) is 4.31 Å². The van der Waals surface area contributed by atoms with Gasteiger partial charge in [0.1, 0.15) is 0 Å². The zero-order valence-electron chi connectivity index (χ0n) is 13.0. The van der Waals surface area contributed by atoms with Crippen molar-refractivity contribution in [2.24, 2.45) is 0 Å². The topological polar surface area (TPSA) is 52.7 Å². The lowest BCUT2D eigenvalue weighted by Crippen LogP contribution is -2.47. The van der Waals surface area contributed by atoms with Gasteiger partial charge in [0.2, 0.25) is 10.0 Å². The number of nitrogens with zero attached hydrogens (tertiary/aromatic N) is 2. The standard InChI is InChI=1S/C14H25N3O2S2/c1-4-15-10-13-14(7-9-20-13)21(18,19)17(3)12-6-5-8-16(2)11-12/h7,9,12,15H,4-6,8,10-11H2,1-3H3. The fraction of sp³-hybridized carbons (Fsp3) is 0.714. The molecule has 2 heterocycles. The van der Waals surface area contributed by atoms with Gasteiger partial charge in [-0.25, -0.2) is 8.42 Å². The second-order valence-electron chi connectivity index (χ2n) is 5.57. The molecule has 1 unspecified atom stereocenters. The highest BCUT2D eigenvalue weighted by Gasteiger charge is 2.32. The van der Waals surface area contributed by atoms with E-state index >= 15 is 0 Å². The van der Waals surface area contributed by atoms with Crippen LogP contribution in [0.25, 0.3) is 0 Å². The van der Waals surface area contributed by atoms with E-state index in [9.17, 15) is 8.42 Å². The number of likely N-dealkylation sites (tertiary alicyclic amines) is 1. The van der Waals surface area contributed by atoms with Crippen LogP contribution in [0.3, 0.4) is 0 Å². The number of hydrogen-bond acceptors (Lipinski definition) is 5. The van der Waals surface area contributed by atoms with Gasteiger partial charge in [0.15, 0.2) is 0 Å². The van der Waals surface area contributed by atoms with Crippen LogP contribution in [0.15, 0.2) is 16.3 Å². The summed E-state index contributed by atoms with van der Waals surface area (Å²) in [6.45, 7) is 5.32. The molecule has 1 aromatic rings. The van der Waals surface area contributed by atoms with Crippen LogP contribution in [0.1, 0.15) is 24.6 Å². The molecule has 0 aliphatic carbocycles. The summed E-state index contributed by atoms with van der Waals surface area (Å²) in [5, 5.41) is 5.07. The van der Waals surface area contributed by atoms with Crippen molar-refractivity contribution in [3.05, 3.63) is 16.3 Å². The van der Waals surface area contributed by atoms with Crippen LogP contribution in [0, 0.1) is 0 Å². The molecule has 0 amide bonds. The lowest BCUT2D eigenvalue weighted by molar-refractivity contribution is 0.187. The van der Waals surface area contributed by atoms with Crippen LogP contribution in [-0.2, 0) is 16.6 Å². The maximum absolute atomic E-state index is 12.9. The van der Waals surface area contributed by atoms with Gasteiger partial charge < -0.3 is 10.2 Å². The first kappa shape index (κ1) is 16.9.